The van der Waals surface area contributed by atoms with Crippen LogP contribution in [-0.4, -0.2) is 54.9 Å². The van der Waals surface area contributed by atoms with E-state index in [2.05, 4.69) is 5.16 Å². The zero-order chi connectivity index (χ0) is 20.6. The summed E-state index contributed by atoms with van der Waals surface area (Å²) in [5.74, 6) is 0.561. The smallest absolute Gasteiger partial charge is 0.276 e. The molecule has 0 saturated carbocycles. The lowest BCUT2D eigenvalue weighted by Crippen LogP contribution is -2.50. The predicted octanol–water partition coefficient (Wildman–Crippen LogP) is 2.70. The molecule has 1 aliphatic heterocycles. The Balaban J connectivity index is 1.45. The summed E-state index contributed by atoms with van der Waals surface area (Å²) in [6.45, 7) is 4.67. The van der Waals surface area contributed by atoms with Crippen LogP contribution >= 0.6 is 0 Å². The third kappa shape index (κ3) is 3.70. The highest BCUT2D eigenvalue weighted by molar-refractivity contribution is 7.89. The van der Waals surface area contributed by atoms with Crippen LogP contribution in [0.25, 0.3) is 11.5 Å². The van der Waals surface area contributed by atoms with Crippen LogP contribution in [0, 0.1) is 13.8 Å². The van der Waals surface area contributed by atoms with Crippen LogP contribution in [0.4, 0.5) is 0 Å². The van der Waals surface area contributed by atoms with Crippen molar-refractivity contribution in [2.75, 3.05) is 26.2 Å². The van der Waals surface area contributed by atoms with Gasteiger partial charge in [-0.25, -0.2) is 8.42 Å². The van der Waals surface area contributed by atoms with Gasteiger partial charge in [-0.1, -0.05) is 17.3 Å². The van der Waals surface area contributed by atoms with Crippen molar-refractivity contribution in [3.8, 4) is 11.5 Å². The number of aromatic nitrogens is 1. The van der Waals surface area contributed by atoms with Crippen LogP contribution in [0.15, 0.2) is 56.5 Å². The molecule has 29 heavy (non-hydrogen) atoms. The maximum Gasteiger partial charge on any atom is 0.276 e. The fraction of sp³-hybridized carbons (Fsp3) is 0.300. The maximum atomic E-state index is 13.0. The second-order valence-corrected chi connectivity index (χ2v) is 8.93. The molecule has 9 heteroatoms. The summed E-state index contributed by atoms with van der Waals surface area (Å²) in [6.07, 6.45) is 1.51. The summed E-state index contributed by atoms with van der Waals surface area (Å²) in [5, 5.41) is 3.83. The minimum atomic E-state index is -3.61. The van der Waals surface area contributed by atoms with Crippen molar-refractivity contribution in [2.45, 2.75) is 18.7 Å². The highest BCUT2D eigenvalue weighted by Gasteiger charge is 2.32. The van der Waals surface area contributed by atoms with Crippen molar-refractivity contribution in [1.29, 1.82) is 0 Å². The van der Waals surface area contributed by atoms with E-state index in [4.69, 9.17) is 8.94 Å². The molecule has 0 aliphatic carbocycles. The van der Waals surface area contributed by atoms with Gasteiger partial charge in [0, 0.05) is 32.2 Å². The number of sulfonamides is 1. The van der Waals surface area contributed by atoms with Gasteiger partial charge in [-0.2, -0.15) is 4.31 Å². The first-order valence-corrected chi connectivity index (χ1v) is 10.7. The second kappa shape index (κ2) is 7.49. The molecule has 1 saturated heterocycles. The number of benzene rings is 1. The molecule has 2 aromatic heterocycles. The number of carbonyl (C=O) groups is 1. The number of amides is 1. The Morgan fingerprint density at radius 1 is 1.03 bits per heavy atom. The maximum absolute atomic E-state index is 13.0. The van der Waals surface area contributed by atoms with Crippen LogP contribution in [-0.2, 0) is 10.0 Å². The fourth-order valence-electron chi connectivity index (χ4n) is 3.33. The van der Waals surface area contributed by atoms with Gasteiger partial charge in [-0.15, -0.1) is 0 Å². The normalized spacial score (nSPS) is 15.6. The van der Waals surface area contributed by atoms with Gasteiger partial charge in [0.1, 0.15) is 0 Å². The van der Waals surface area contributed by atoms with Crippen LogP contribution in [0.1, 0.15) is 21.6 Å². The topological polar surface area (TPSA) is 96.9 Å². The molecule has 0 spiro atoms. The van der Waals surface area contributed by atoms with E-state index in [9.17, 15) is 13.2 Å². The molecule has 1 aliphatic rings. The van der Waals surface area contributed by atoms with Gasteiger partial charge >= 0.3 is 0 Å². The molecule has 8 nitrogen and oxygen atoms in total. The molecule has 4 rings (SSSR count). The van der Waals surface area contributed by atoms with Gasteiger partial charge in [-0.3, -0.25) is 4.79 Å². The van der Waals surface area contributed by atoms with Gasteiger partial charge in [0.25, 0.3) is 5.91 Å². The number of furan rings is 1. The first-order valence-electron chi connectivity index (χ1n) is 9.23. The van der Waals surface area contributed by atoms with Crippen molar-refractivity contribution in [2.24, 2.45) is 0 Å². The van der Waals surface area contributed by atoms with Gasteiger partial charge in [0.15, 0.2) is 11.5 Å². The Morgan fingerprint density at radius 3 is 2.48 bits per heavy atom. The number of carbonyl (C=O) groups excluding carboxylic acids is 1. The lowest BCUT2D eigenvalue weighted by molar-refractivity contribution is 0.0687. The summed E-state index contributed by atoms with van der Waals surface area (Å²) >= 11 is 0. The number of rotatable bonds is 4. The van der Waals surface area contributed by atoms with Crippen LogP contribution < -0.4 is 0 Å². The van der Waals surface area contributed by atoms with Crippen LogP contribution in [0.2, 0.25) is 0 Å². The average Bonchev–Trinajstić information content (AvgIpc) is 3.41. The standard InChI is InChI=1S/C20H21N3O5S/c1-14-5-6-15(2)19(12-14)29(25,26)23-9-7-22(8-10-23)20(24)16-13-18(28-21-16)17-4-3-11-27-17/h3-6,11-13H,7-10H2,1-2H3. The molecule has 0 unspecified atom stereocenters. The van der Waals surface area contributed by atoms with Gasteiger partial charge in [0.05, 0.1) is 11.2 Å². The summed E-state index contributed by atoms with van der Waals surface area (Å²) < 4.78 is 37.9. The SMILES string of the molecule is Cc1ccc(C)c(S(=O)(=O)N2CCN(C(=O)c3cc(-c4ccco4)on3)CC2)c1. The molecule has 0 bridgehead atoms. The van der Waals surface area contributed by atoms with E-state index in [-0.39, 0.29) is 37.8 Å². The van der Waals surface area contributed by atoms with E-state index in [0.29, 0.717) is 22.0 Å². The minimum absolute atomic E-state index is 0.169. The molecule has 3 heterocycles. The second-order valence-electron chi connectivity index (χ2n) is 7.02. The van der Waals surface area contributed by atoms with E-state index in [1.54, 1.807) is 30.0 Å². The molecule has 152 valence electrons. The molecule has 0 radical (unpaired) electrons. The average molecular weight is 415 g/mol. The number of hydrogen-bond donors (Lipinski definition) is 0. The number of aryl methyl sites for hydroxylation is 2. The molecular formula is C20H21N3O5S. The lowest BCUT2D eigenvalue weighted by Gasteiger charge is -2.33. The molecule has 1 amide bonds. The van der Waals surface area contributed by atoms with Crippen molar-refractivity contribution in [3.05, 3.63) is 59.5 Å². The Labute approximate surface area is 168 Å². The van der Waals surface area contributed by atoms with Gasteiger partial charge < -0.3 is 13.8 Å². The Kier molecular flexibility index (Phi) is 5.01. The largest absolute Gasteiger partial charge is 0.461 e. The highest BCUT2D eigenvalue weighted by Crippen LogP contribution is 2.24. The van der Waals surface area contributed by atoms with Gasteiger partial charge in [-0.05, 0) is 43.2 Å². The lowest BCUT2D eigenvalue weighted by atomic mass is 10.2. The molecule has 3 aromatic rings. The molecule has 0 N–H and O–H groups in total. The Morgan fingerprint density at radius 2 is 1.79 bits per heavy atom. The van der Waals surface area contributed by atoms with E-state index >= 15 is 0 Å². The molecule has 1 aromatic carbocycles. The first kappa shape index (κ1) is 19.4. The number of nitrogens with zero attached hydrogens (tertiary/aromatic N) is 3. The third-order valence-corrected chi connectivity index (χ3v) is 7.02. The summed E-state index contributed by atoms with van der Waals surface area (Å²) in [5.41, 5.74) is 1.77. The van der Waals surface area contributed by atoms with Crippen LogP contribution in [0.5, 0.6) is 0 Å². The number of hydrogen-bond acceptors (Lipinski definition) is 6. The van der Waals surface area contributed by atoms with E-state index in [0.717, 1.165) is 5.56 Å². The first-order chi connectivity index (χ1) is 13.9. The van der Waals surface area contributed by atoms with Crippen molar-refractivity contribution >= 4 is 15.9 Å². The quantitative estimate of drug-likeness (QED) is 0.650. The summed E-state index contributed by atoms with van der Waals surface area (Å²) in [4.78, 5) is 14.6. The highest BCUT2D eigenvalue weighted by atomic mass is 32.2. The monoisotopic (exact) mass is 415 g/mol. The van der Waals surface area contributed by atoms with E-state index < -0.39 is 10.0 Å². The minimum Gasteiger partial charge on any atom is -0.461 e. The van der Waals surface area contributed by atoms with E-state index in [1.165, 1.54) is 16.6 Å². The number of piperazine rings is 1. The van der Waals surface area contributed by atoms with Crippen molar-refractivity contribution in [1.82, 2.24) is 14.4 Å². The van der Waals surface area contributed by atoms with Crippen molar-refractivity contribution < 1.29 is 22.2 Å². The fourth-order valence-corrected chi connectivity index (χ4v) is 5.06. The Hall–Kier alpha value is -2.91. The molecule has 1 fully saturated rings. The van der Waals surface area contributed by atoms with Crippen molar-refractivity contribution in [3.63, 3.8) is 0 Å². The summed E-state index contributed by atoms with van der Waals surface area (Å²) in [7, 11) is -3.61. The molecular weight excluding hydrogens is 394 g/mol. The van der Waals surface area contributed by atoms with E-state index in [1.807, 2.05) is 19.1 Å². The summed E-state index contributed by atoms with van der Waals surface area (Å²) in [6, 6.07) is 10.3. The third-order valence-electron chi connectivity index (χ3n) is 4.98. The Bertz CT molecular complexity index is 1130. The predicted molar refractivity (Wildman–Crippen MR) is 105 cm³/mol. The van der Waals surface area contributed by atoms with Gasteiger partial charge in [0.2, 0.25) is 15.8 Å². The zero-order valence-electron chi connectivity index (χ0n) is 16.2. The molecule has 0 atom stereocenters. The zero-order valence-corrected chi connectivity index (χ0v) is 17.0. The van der Waals surface area contributed by atoms with Crippen LogP contribution in [0.3, 0.4) is 0 Å².